The summed E-state index contributed by atoms with van der Waals surface area (Å²) in [5, 5.41) is 2.39. The lowest BCUT2D eigenvalue weighted by Gasteiger charge is -2.46. The average molecular weight is 422 g/mol. The van der Waals surface area contributed by atoms with E-state index in [1.165, 1.54) is 10.4 Å². The molecule has 1 aliphatic carbocycles. The average Bonchev–Trinajstić information content (AvgIpc) is 2.89. The van der Waals surface area contributed by atoms with E-state index in [9.17, 15) is 4.79 Å². The Morgan fingerprint density at radius 3 is 1.83 bits per heavy atom. The second-order valence-electron chi connectivity index (χ2n) is 10.1. The van der Waals surface area contributed by atoms with Gasteiger partial charge in [-0.1, -0.05) is 95.3 Å². The zero-order valence-electron chi connectivity index (χ0n) is 19.4. The van der Waals surface area contributed by atoms with E-state index in [0.29, 0.717) is 6.42 Å². The third kappa shape index (κ3) is 3.91. The van der Waals surface area contributed by atoms with Crippen LogP contribution in [0.1, 0.15) is 41.0 Å². The van der Waals surface area contributed by atoms with E-state index in [0.717, 1.165) is 5.57 Å². The topological polar surface area (TPSA) is 29.5 Å². The minimum Gasteiger partial charge on any atom is -0.403 e. The van der Waals surface area contributed by atoms with Crippen molar-refractivity contribution in [3.63, 3.8) is 0 Å². The highest BCUT2D eigenvalue weighted by molar-refractivity contribution is 6.99. The van der Waals surface area contributed by atoms with Gasteiger partial charge in [-0.05, 0) is 15.4 Å². The summed E-state index contributed by atoms with van der Waals surface area (Å²) >= 11 is 0. The van der Waals surface area contributed by atoms with Crippen molar-refractivity contribution >= 4 is 24.5 Å². The first-order valence-electron chi connectivity index (χ1n) is 10.7. The van der Waals surface area contributed by atoms with Crippen molar-refractivity contribution < 1.29 is 9.22 Å². The second-order valence-corrected chi connectivity index (χ2v) is 14.4. The molecule has 1 fully saturated rings. The van der Waals surface area contributed by atoms with Crippen LogP contribution < -0.4 is 10.4 Å². The molecule has 30 heavy (non-hydrogen) atoms. The van der Waals surface area contributed by atoms with Crippen LogP contribution in [0, 0.1) is 5.41 Å². The summed E-state index contributed by atoms with van der Waals surface area (Å²) in [6, 6.07) is 21.3. The van der Waals surface area contributed by atoms with E-state index >= 15 is 0 Å². The fourth-order valence-electron chi connectivity index (χ4n) is 4.62. The molecule has 0 amide bonds. The molecule has 160 valence electrons. The van der Waals surface area contributed by atoms with Crippen molar-refractivity contribution in [2.45, 2.75) is 52.2 Å². The summed E-state index contributed by atoms with van der Waals surface area (Å²) in [4.78, 5) is 15.2. The molecule has 0 aliphatic heterocycles. The highest BCUT2D eigenvalue weighted by Crippen LogP contribution is 2.45. The molecular weight excluding hydrogens is 386 g/mol. The number of carbonyl (C=O) groups excluding carboxylic acids is 1. The van der Waals surface area contributed by atoms with Crippen LogP contribution >= 0.6 is 0 Å². The van der Waals surface area contributed by atoms with Crippen LogP contribution in [0.15, 0.2) is 72.4 Å². The Labute approximate surface area is 182 Å². The van der Waals surface area contributed by atoms with Gasteiger partial charge in [0.05, 0.1) is 11.5 Å². The Morgan fingerprint density at radius 2 is 1.43 bits per heavy atom. The van der Waals surface area contributed by atoms with Crippen LogP contribution in [0.4, 0.5) is 0 Å². The maximum atomic E-state index is 13.2. The predicted molar refractivity (Wildman–Crippen MR) is 128 cm³/mol. The summed E-state index contributed by atoms with van der Waals surface area (Å²) in [6.45, 7) is 10.9. The third-order valence-corrected chi connectivity index (χ3v) is 11.3. The van der Waals surface area contributed by atoms with Gasteiger partial charge < -0.3 is 9.33 Å². The van der Waals surface area contributed by atoms with Crippen molar-refractivity contribution in [1.82, 2.24) is 4.90 Å². The van der Waals surface area contributed by atoms with E-state index in [-0.39, 0.29) is 16.9 Å². The number of hydrogen-bond acceptors (Lipinski definition) is 3. The fraction of sp³-hybridized carbons (Fsp3) is 0.423. The summed E-state index contributed by atoms with van der Waals surface area (Å²) in [5.41, 5.74) is 0.294. The van der Waals surface area contributed by atoms with Crippen molar-refractivity contribution in [2.24, 2.45) is 5.41 Å². The van der Waals surface area contributed by atoms with Crippen LogP contribution in [-0.2, 0) is 9.22 Å². The van der Waals surface area contributed by atoms with Gasteiger partial charge in [0, 0.05) is 32.3 Å². The van der Waals surface area contributed by atoms with Gasteiger partial charge >= 0.3 is 0 Å². The summed E-state index contributed by atoms with van der Waals surface area (Å²) in [5.74, 6) is 0.194. The standard InChI is InChI=1S/C26H35NO2Si/c1-25(2,3)30(21-14-10-8-11-15-21,22-16-12-9-13-17-22)29-23-18-20(19-27(6)7)24(28)26(23,4)5/h8-17,19,23H,18H2,1-7H3/t23-/m0/s1. The maximum absolute atomic E-state index is 13.2. The first-order valence-corrected chi connectivity index (χ1v) is 12.6. The molecule has 1 atom stereocenters. The molecular formula is C26H35NO2Si. The second kappa shape index (κ2) is 8.16. The molecule has 0 N–H and O–H groups in total. The third-order valence-electron chi connectivity index (χ3n) is 6.24. The molecule has 4 heteroatoms. The Bertz CT molecular complexity index is 872. The van der Waals surface area contributed by atoms with E-state index in [1.54, 1.807) is 0 Å². The molecule has 2 aromatic rings. The molecule has 2 aromatic carbocycles. The Hall–Kier alpha value is -2.17. The molecule has 3 nitrogen and oxygen atoms in total. The number of carbonyl (C=O) groups is 1. The summed E-state index contributed by atoms with van der Waals surface area (Å²) in [6.07, 6.45) is 2.44. The Morgan fingerprint density at radius 1 is 0.967 bits per heavy atom. The van der Waals surface area contributed by atoms with Gasteiger partial charge in [0.2, 0.25) is 0 Å². The van der Waals surface area contributed by atoms with Crippen LogP contribution in [0.25, 0.3) is 0 Å². The number of Topliss-reactive ketones (excluding diaryl/α,β-unsaturated/α-hetero) is 1. The normalized spacial score (nSPS) is 20.6. The van der Waals surface area contributed by atoms with Gasteiger partial charge in [-0.25, -0.2) is 0 Å². The monoisotopic (exact) mass is 421 g/mol. The van der Waals surface area contributed by atoms with Gasteiger partial charge in [0.15, 0.2) is 5.78 Å². The van der Waals surface area contributed by atoms with E-state index in [1.807, 2.05) is 39.0 Å². The highest BCUT2D eigenvalue weighted by Gasteiger charge is 2.56. The van der Waals surface area contributed by atoms with Gasteiger partial charge in [-0.3, -0.25) is 4.79 Å². The van der Waals surface area contributed by atoms with Crippen LogP contribution in [-0.4, -0.2) is 39.2 Å². The summed E-state index contributed by atoms with van der Waals surface area (Å²) in [7, 11) is 1.23. The molecule has 0 radical (unpaired) electrons. The number of rotatable bonds is 5. The minimum absolute atomic E-state index is 0.108. The molecule has 0 aromatic heterocycles. The molecule has 0 spiro atoms. The van der Waals surface area contributed by atoms with Gasteiger partial charge in [-0.15, -0.1) is 0 Å². The molecule has 1 aliphatic rings. The number of ketones is 1. The van der Waals surface area contributed by atoms with Crippen molar-refractivity contribution in [2.75, 3.05) is 14.1 Å². The lowest BCUT2D eigenvalue weighted by Crippen LogP contribution is -2.68. The number of benzene rings is 2. The predicted octanol–water partition coefficient (Wildman–Crippen LogP) is 4.38. The van der Waals surface area contributed by atoms with E-state index in [4.69, 9.17) is 4.43 Å². The molecule has 1 saturated carbocycles. The van der Waals surface area contributed by atoms with Gasteiger partial charge in [0.1, 0.15) is 0 Å². The Balaban J connectivity index is 2.18. The highest BCUT2D eigenvalue weighted by atomic mass is 28.4. The van der Waals surface area contributed by atoms with Crippen molar-refractivity contribution in [1.29, 1.82) is 0 Å². The summed E-state index contributed by atoms with van der Waals surface area (Å²) < 4.78 is 7.29. The quantitative estimate of drug-likeness (QED) is 0.530. The van der Waals surface area contributed by atoms with E-state index < -0.39 is 13.7 Å². The lowest BCUT2D eigenvalue weighted by atomic mass is 9.88. The van der Waals surface area contributed by atoms with Crippen LogP contribution in [0.5, 0.6) is 0 Å². The van der Waals surface area contributed by atoms with Gasteiger partial charge in [-0.2, -0.15) is 0 Å². The van der Waals surface area contributed by atoms with Crippen molar-refractivity contribution in [3.05, 3.63) is 72.4 Å². The SMILES string of the molecule is CN(C)C=C1C[C@H](O[Si](c2ccccc2)(c2ccccc2)C(C)(C)C)C(C)(C)C1=O. The molecule has 0 bridgehead atoms. The molecule has 0 heterocycles. The fourth-order valence-corrected chi connectivity index (χ4v) is 9.44. The first kappa shape index (κ1) is 22.5. The zero-order chi connectivity index (χ0) is 22.2. The molecule has 0 unspecified atom stereocenters. The molecule has 3 rings (SSSR count). The van der Waals surface area contributed by atoms with E-state index in [2.05, 4.69) is 81.4 Å². The minimum atomic E-state index is -2.70. The Kier molecular flexibility index (Phi) is 6.12. The maximum Gasteiger partial charge on any atom is 0.261 e. The largest absolute Gasteiger partial charge is 0.403 e. The van der Waals surface area contributed by atoms with Crippen molar-refractivity contribution in [3.8, 4) is 0 Å². The lowest BCUT2D eigenvalue weighted by molar-refractivity contribution is -0.124. The number of nitrogens with zero attached hydrogens (tertiary/aromatic N) is 1. The number of hydrogen-bond donors (Lipinski definition) is 0. The van der Waals surface area contributed by atoms with Gasteiger partial charge in [0.25, 0.3) is 8.32 Å². The van der Waals surface area contributed by atoms with Crippen LogP contribution in [0.2, 0.25) is 5.04 Å². The molecule has 0 saturated heterocycles. The first-order chi connectivity index (χ1) is 14.0. The smallest absolute Gasteiger partial charge is 0.261 e. The van der Waals surface area contributed by atoms with Crippen LogP contribution in [0.3, 0.4) is 0 Å². The zero-order valence-corrected chi connectivity index (χ0v) is 20.4.